The standard InChI is InChI=1S/C12H13FO2.C11H13FO/c1-3-4-7-15-10-5-6-12(13)11(8-10)9(2)14;1-3-7-13-10-5-6-11(12)9(4-2)8-10/h3-6,8H,7H2,1-2H3;3,5-6,8H,1,4,7H2,2H3/b4-3+;. The molecule has 0 fully saturated rings. The van der Waals surface area contributed by atoms with Gasteiger partial charge in [-0.25, -0.2) is 8.78 Å². The van der Waals surface area contributed by atoms with Crippen molar-refractivity contribution in [2.45, 2.75) is 27.2 Å². The molecule has 0 aliphatic rings. The summed E-state index contributed by atoms with van der Waals surface area (Å²) in [5.41, 5.74) is 0.745. The molecular formula is C23H26F2O3. The topological polar surface area (TPSA) is 35.5 Å². The third kappa shape index (κ3) is 7.74. The van der Waals surface area contributed by atoms with Crippen molar-refractivity contribution in [3.05, 3.63) is 84.0 Å². The number of allylic oxidation sites excluding steroid dienone is 1. The molecule has 5 heteroatoms. The molecule has 0 aliphatic heterocycles. The van der Waals surface area contributed by atoms with E-state index in [9.17, 15) is 13.6 Å². The molecule has 28 heavy (non-hydrogen) atoms. The van der Waals surface area contributed by atoms with Gasteiger partial charge in [0.05, 0.1) is 5.56 Å². The number of benzene rings is 2. The molecule has 0 unspecified atom stereocenters. The average Bonchev–Trinajstić information content (AvgIpc) is 2.69. The Kier molecular flexibility index (Phi) is 10.3. The fraction of sp³-hybridized carbons (Fsp3) is 0.261. The molecule has 0 aliphatic carbocycles. The highest BCUT2D eigenvalue weighted by Gasteiger charge is 2.08. The number of hydrogen-bond donors (Lipinski definition) is 0. The lowest BCUT2D eigenvalue weighted by Gasteiger charge is -2.05. The monoisotopic (exact) mass is 388 g/mol. The number of Topliss-reactive ketones (excluding diaryl/α,β-unsaturated/α-hetero) is 1. The summed E-state index contributed by atoms with van der Waals surface area (Å²) in [6, 6.07) is 8.93. The van der Waals surface area contributed by atoms with Gasteiger partial charge in [-0.3, -0.25) is 4.79 Å². The van der Waals surface area contributed by atoms with Gasteiger partial charge in [-0.1, -0.05) is 31.7 Å². The van der Waals surface area contributed by atoms with Crippen LogP contribution in [0.25, 0.3) is 0 Å². The van der Waals surface area contributed by atoms with Crippen LogP contribution in [0.4, 0.5) is 8.78 Å². The highest BCUT2D eigenvalue weighted by molar-refractivity contribution is 5.94. The molecule has 0 atom stereocenters. The second-order valence-corrected chi connectivity index (χ2v) is 5.78. The molecule has 0 radical (unpaired) electrons. The molecule has 0 saturated carbocycles. The van der Waals surface area contributed by atoms with Gasteiger partial charge in [0, 0.05) is 0 Å². The molecule has 2 rings (SSSR count). The Labute approximate surface area is 165 Å². The maximum absolute atomic E-state index is 13.1. The number of ether oxygens (including phenoxy) is 2. The zero-order valence-corrected chi connectivity index (χ0v) is 16.5. The van der Waals surface area contributed by atoms with Gasteiger partial charge in [-0.05, 0) is 62.2 Å². The van der Waals surface area contributed by atoms with Crippen molar-refractivity contribution in [3.63, 3.8) is 0 Å². The molecule has 3 nitrogen and oxygen atoms in total. The van der Waals surface area contributed by atoms with Crippen LogP contribution in [0.2, 0.25) is 0 Å². The Hall–Kier alpha value is -2.95. The van der Waals surface area contributed by atoms with Crippen molar-refractivity contribution < 1.29 is 23.0 Å². The third-order valence-electron chi connectivity index (χ3n) is 3.66. The van der Waals surface area contributed by atoms with Crippen LogP contribution in [-0.4, -0.2) is 19.0 Å². The van der Waals surface area contributed by atoms with E-state index in [0.717, 1.165) is 0 Å². The van der Waals surface area contributed by atoms with Gasteiger partial charge in [-0.15, -0.1) is 0 Å². The Bertz CT molecular complexity index is 813. The Balaban J connectivity index is 0.000000283. The fourth-order valence-electron chi connectivity index (χ4n) is 2.17. The van der Waals surface area contributed by atoms with Gasteiger partial charge in [0.25, 0.3) is 0 Å². The number of halogens is 2. The van der Waals surface area contributed by atoms with Gasteiger partial charge >= 0.3 is 0 Å². The first-order valence-electron chi connectivity index (χ1n) is 8.99. The normalized spacial score (nSPS) is 10.2. The van der Waals surface area contributed by atoms with Crippen LogP contribution in [0.1, 0.15) is 36.7 Å². The summed E-state index contributed by atoms with van der Waals surface area (Å²) in [5, 5.41) is 0. The highest BCUT2D eigenvalue weighted by Crippen LogP contribution is 2.18. The van der Waals surface area contributed by atoms with E-state index in [2.05, 4.69) is 6.58 Å². The van der Waals surface area contributed by atoms with Gasteiger partial charge < -0.3 is 9.47 Å². The van der Waals surface area contributed by atoms with Crippen LogP contribution in [0.5, 0.6) is 11.5 Å². The highest BCUT2D eigenvalue weighted by atomic mass is 19.1. The number of carbonyl (C=O) groups excluding carboxylic acids is 1. The zero-order valence-electron chi connectivity index (χ0n) is 16.5. The van der Waals surface area contributed by atoms with E-state index in [4.69, 9.17) is 9.47 Å². The summed E-state index contributed by atoms with van der Waals surface area (Å²) >= 11 is 0. The lowest BCUT2D eigenvalue weighted by Crippen LogP contribution is -1.99. The SMILES string of the molecule is C/C=C/COc1ccc(F)c(C(C)=O)c1.C=CCOc1ccc(F)c(CC)c1. The van der Waals surface area contributed by atoms with Crippen molar-refractivity contribution in [2.24, 2.45) is 0 Å². The van der Waals surface area contributed by atoms with Crippen LogP contribution in [0.3, 0.4) is 0 Å². The molecule has 0 N–H and O–H groups in total. The van der Waals surface area contributed by atoms with Crippen molar-refractivity contribution in [3.8, 4) is 11.5 Å². The van der Waals surface area contributed by atoms with Crippen LogP contribution in [0.15, 0.2) is 61.2 Å². The molecule has 0 spiro atoms. The first-order valence-corrected chi connectivity index (χ1v) is 8.99. The minimum Gasteiger partial charge on any atom is -0.490 e. The van der Waals surface area contributed by atoms with Crippen molar-refractivity contribution in [2.75, 3.05) is 13.2 Å². The van der Waals surface area contributed by atoms with Crippen LogP contribution in [0, 0.1) is 11.6 Å². The number of hydrogen-bond acceptors (Lipinski definition) is 3. The van der Waals surface area contributed by atoms with Gasteiger partial charge in [0.15, 0.2) is 5.78 Å². The molecular weight excluding hydrogens is 362 g/mol. The molecule has 2 aromatic carbocycles. The predicted molar refractivity (Wildman–Crippen MR) is 108 cm³/mol. The van der Waals surface area contributed by atoms with Crippen LogP contribution in [-0.2, 0) is 6.42 Å². The minimum atomic E-state index is -0.513. The van der Waals surface area contributed by atoms with E-state index >= 15 is 0 Å². The second-order valence-electron chi connectivity index (χ2n) is 5.78. The largest absolute Gasteiger partial charge is 0.490 e. The molecule has 2 aromatic rings. The Morgan fingerprint density at radius 1 is 1.04 bits per heavy atom. The molecule has 0 heterocycles. The van der Waals surface area contributed by atoms with E-state index in [0.29, 0.717) is 36.7 Å². The maximum Gasteiger partial charge on any atom is 0.162 e. The smallest absolute Gasteiger partial charge is 0.162 e. The summed E-state index contributed by atoms with van der Waals surface area (Å²) in [4.78, 5) is 11.0. The zero-order chi connectivity index (χ0) is 20.9. The van der Waals surface area contributed by atoms with E-state index in [1.165, 1.54) is 31.2 Å². The van der Waals surface area contributed by atoms with E-state index < -0.39 is 5.82 Å². The average molecular weight is 388 g/mol. The number of ketones is 1. The van der Waals surface area contributed by atoms with Gasteiger partial charge in [-0.2, -0.15) is 0 Å². The van der Waals surface area contributed by atoms with E-state index in [-0.39, 0.29) is 17.2 Å². The van der Waals surface area contributed by atoms with Crippen LogP contribution >= 0.6 is 0 Å². The first-order chi connectivity index (χ1) is 13.4. The summed E-state index contributed by atoms with van der Waals surface area (Å²) in [6.45, 7) is 9.53. The van der Waals surface area contributed by atoms with Crippen molar-refractivity contribution in [1.29, 1.82) is 0 Å². The molecule has 150 valence electrons. The van der Waals surface area contributed by atoms with Crippen molar-refractivity contribution in [1.82, 2.24) is 0 Å². The minimum absolute atomic E-state index is 0.0629. The number of aryl methyl sites for hydroxylation is 1. The van der Waals surface area contributed by atoms with Gasteiger partial charge in [0.2, 0.25) is 0 Å². The Morgan fingerprint density at radius 2 is 1.64 bits per heavy atom. The quantitative estimate of drug-likeness (QED) is 0.415. The summed E-state index contributed by atoms with van der Waals surface area (Å²) in [7, 11) is 0. The third-order valence-corrected chi connectivity index (χ3v) is 3.66. The summed E-state index contributed by atoms with van der Waals surface area (Å²) in [5.74, 6) is 0.205. The maximum atomic E-state index is 13.1. The van der Waals surface area contributed by atoms with Crippen molar-refractivity contribution >= 4 is 5.78 Å². The molecule has 0 aromatic heterocycles. The van der Waals surface area contributed by atoms with Gasteiger partial charge in [0.1, 0.15) is 36.3 Å². The fourth-order valence-corrected chi connectivity index (χ4v) is 2.17. The molecule has 0 saturated heterocycles. The molecule has 0 bridgehead atoms. The predicted octanol–water partition coefficient (Wildman–Crippen LogP) is 5.94. The summed E-state index contributed by atoms with van der Waals surface area (Å²) < 4.78 is 36.7. The van der Waals surface area contributed by atoms with E-state index in [1.54, 1.807) is 18.2 Å². The molecule has 0 amide bonds. The van der Waals surface area contributed by atoms with E-state index in [1.807, 2.05) is 26.0 Å². The number of carbonyl (C=O) groups is 1. The second kappa shape index (κ2) is 12.4. The summed E-state index contributed by atoms with van der Waals surface area (Å²) in [6.07, 6.45) is 6.03. The lowest BCUT2D eigenvalue weighted by molar-refractivity contribution is 0.101. The Morgan fingerprint density at radius 3 is 2.21 bits per heavy atom. The first kappa shape index (κ1) is 23.1. The lowest BCUT2D eigenvalue weighted by atomic mass is 10.1. The number of rotatable bonds is 8. The van der Waals surface area contributed by atoms with Crippen LogP contribution < -0.4 is 9.47 Å².